The van der Waals surface area contributed by atoms with Gasteiger partial charge in [0.1, 0.15) is 17.2 Å². The van der Waals surface area contributed by atoms with Crippen LogP contribution in [0.5, 0.6) is 0 Å². The molecular weight excluding hydrogens is 311 g/mol. The number of nitrogens with zero attached hydrogens (tertiary/aromatic N) is 4. The summed E-state index contributed by atoms with van der Waals surface area (Å²) in [6.07, 6.45) is 2.08. The Hall–Kier alpha value is -3.03. The zero-order valence-electron chi connectivity index (χ0n) is 13.0. The van der Waals surface area contributed by atoms with Gasteiger partial charge < -0.3 is 15.2 Å². The summed E-state index contributed by atoms with van der Waals surface area (Å²) in [7, 11) is 1.77. The van der Waals surface area contributed by atoms with Gasteiger partial charge in [0, 0.05) is 26.6 Å². The smallest absolute Gasteiger partial charge is 0.256 e. The highest BCUT2D eigenvalue weighted by atomic mass is 19.1. The first-order valence-electron chi connectivity index (χ1n) is 7.61. The Morgan fingerprint density at radius 1 is 1.33 bits per heavy atom. The van der Waals surface area contributed by atoms with Crippen molar-refractivity contribution < 1.29 is 9.18 Å². The van der Waals surface area contributed by atoms with Crippen molar-refractivity contribution >= 4 is 22.8 Å². The summed E-state index contributed by atoms with van der Waals surface area (Å²) in [5.41, 5.74) is 3.10. The largest absolute Gasteiger partial charge is 0.372 e. The highest BCUT2D eigenvalue weighted by Crippen LogP contribution is 2.23. The first-order chi connectivity index (χ1) is 11.7. The quantitative estimate of drug-likeness (QED) is 0.749. The minimum absolute atomic E-state index is 0.236. The lowest BCUT2D eigenvalue weighted by Crippen LogP contribution is -2.36. The van der Waals surface area contributed by atoms with Crippen LogP contribution in [0.4, 0.5) is 10.2 Å². The Labute approximate surface area is 136 Å². The lowest BCUT2D eigenvalue weighted by molar-refractivity contribution is 0.0734. The molecule has 0 unspecified atom stereocenters. The van der Waals surface area contributed by atoms with E-state index in [4.69, 9.17) is 0 Å². The summed E-state index contributed by atoms with van der Waals surface area (Å²) < 4.78 is 13.8. The van der Waals surface area contributed by atoms with Crippen LogP contribution in [0.2, 0.25) is 0 Å². The van der Waals surface area contributed by atoms with Gasteiger partial charge >= 0.3 is 0 Å². The highest BCUT2D eigenvalue weighted by molar-refractivity contribution is 6.04. The SMILES string of the molecule is CNc1cc2c(nn1)CCN(C(=O)c1cc(F)cc3[nH]cnc13)C2. The predicted octanol–water partition coefficient (Wildman–Crippen LogP) is 1.73. The third-order valence-electron chi connectivity index (χ3n) is 4.20. The molecular formula is C16H15FN6O. The minimum atomic E-state index is -0.462. The standard InChI is InChI=1S/C16H15FN6O/c1-18-14-4-9-7-23(3-2-12(9)21-22-14)16(24)11-5-10(17)6-13-15(11)20-8-19-13/h4-6,8H,2-3,7H2,1H3,(H,18,22)(H,19,20). The molecule has 3 aromatic rings. The number of hydrogen-bond acceptors (Lipinski definition) is 5. The number of benzene rings is 1. The van der Waals surface area contributed by atoms with Crippen molar-refractivity contribution in [3.63, 3.8) is 0 Å². The van der Waals surface area contributed by atoms with Crippen molar-refractivity contribution in [3.05, 3.63) is 47.2 Å². The third-order valence-corrected chi connectivity index (χ3v) is 4.20. The fourth-order valence-electron chi connectivity index (χ4n) is 2.97. The molecule has 1 aromatic carbocycles. The molecule has 0 spiro atoms. The van der Waals surface area contributed by atoms with Crippen molar-refractivity contribution in [2.75, 3.05) is 18.9 Å². The maximum atomic E-state index is 13.8. The molecule has 2 aromatic heterocycles. The van der Waals surface area contributed by atoms with Crippen molar-refractivity contribution in [1.82, 2.24) is 25.1 Å². The Balaban J connectivity index is 1.68. The van der Waals surface area contributed by atoms with E-state index in [1.807, 2.05) is 6.07 Å². The average molecular weight is 326 g/mol. The van der Waals surface area contributed by atoms with E-state index in [1.165, 1.54) is 18.5 Å². The molecule has 8 heteroatoms. The lowest BCUT2D eigenvalue weighted by atomic mass is 10.0. The number of imidazole rings is 1. The first-order valence-corrected chi connectivity index (χ1v) is 7.61. The monoisotopic (exact) mass is 326 g/mol. The number of carbonyl (C=O) groups excluding carboxylic acids is 1. The van der Waals surface area contributed by atoms with Crippen LogP contribution in [0, 0.1) is 5.82 Å². The summed E-state index contributed by atoms with van der Waals surface area (Å²) in [5.74, 6) is -0.0422. The molecule has 3 heterocycles. The van der Waals surface area contributed by atoms with Crippen LogP contribution in [0.15, 0.2) is 24.5 Å². The number of amides is 1. The molecule has 0 saturated heterocycles. The molecule has 0 fully saturated rings. The van der Waals surface area contributed by atoms with Gasteiger partial charge in [-0.15, -0.1) is 5.10 Å². The number of carbonyl (C=O) groups is 1. The van der Waals surface area contributed by atoms with Crippen LogP contribution < -0.4 is 5.32 Å². The van der Waals surface area contributed by atoms with Gasteiger partial charge in [0.2, 0.25) is 0 Å². The number of nitrogens with one attached hydrogen (secondary N) is 2. The summed E-state index contributed by atoms with van der Waals surface area (Å²) >= 11 is 0. The van der Waals surface area contributed by atoms with E-state index in [0.717, 1.165) is 11.3 Å². The van der Waals surface area contributed by atoms with E-state index >= 15 is 0 Å². The second-order valence-corrected chi connectivity index (χ2v) is 5.68. The molecule has 0 saturated carbocycles. The molecule has 0 bridgehead atoms. The molecule has 2 N–H and O–H groups in total. The van der Waals surface area contributed by atoms with E-state index < -0.39 is 5.82 Å². The van der Waals surface area contributed by atoms with Gasteiger partial charge in [0.15, 0.2) is 0 Å². The molecule has 24 heavy (non-hydrogen) atoms. The molecule has 0 aliphatic carbocycles. The number of anilines is 1. The maximum absolute atomic E-state index is 13.8. The van der Waals surface area contributed by atoms with Crippen LogP contribution >= 0.6 is 0 Å². The summed E-state index contributed by atoms with van der Waals surface area (Å²) in [6, 6.07) is 4.46. The van der Waals surface area contributed by atoms with Gasteiger partial charge in [-0.3, -0.25) is 4.79 Å². The number of rotatable bonds is 2. The first kappa shape index (κ1) is 14.6. The van der Waals surface area contributed by atoms with E-state index in [-0.39, 0.29) is 11.5 Å². The molecule has 0 radical (unpaired) electrons. The normalized spacial score (nSPS) is 13.8. The van der Waals surface area contributed by atoms with Gasteiger partial charge in [-0.1, -0.05) is 0 Å². The Morgan fingerprint density at radius 2 is 2.21 bits per heavy atom. The summed E-state index contributed by atoms with van der Waals surface area (Å²) in [4.78, 5) is 21.6. The molecule has 7 nitrogen and oxygen atoms in total. The predicted molar refractivity (Wildman–Crippen MR) is 86.1 cm³/mol. The van der Waals surface area contributed by atoms with Crippen molar-refractivity contribution in [1.29, 1.82) is 0 Å². The fourth-order valence-corrected chi connectivity index (χ4v) is 2.97. The molecule has 1 amide bonds. The second kappa shape index (κ2) is 5.55. The number of fused-ring (bicyclic) bond motifs is 2. The zero-order chi connectivity index (χ0) is 16.7. The van der Waals surface area contributed by atoms with Crippen LogP contribution in [0.25, 0.3) is 11.0 Å². The molecule has 1 aliphatic rings. The Morgan fingerprint density at radius 3 is 3.04 bits per heavy atom. The van der Waals surface area contributed by atoms with Gasteiger partial charge in [0.05, 0.1) is 23.1 Å². The Bertz CT molecular complexity index is 937. The average Bonchev–Trinajstić information content (AvgIpc) is 3.07. The second-order valence-electron chi connectivity index (χ2n) is 5.68. The van der Waals surface area contributed by atoms with Gasteiger partial charge in [-0.25, -0.2) is 9.37 Å². The van der Waals surface area contributed by atoms with Crippen LogP contribution in [-0.2, 0) is 13.0 Å². The van der Waals surface area contributed by atoms with Crippen LogP contribution in [-0.4, -0.2) is 44.6 Å². The highest BCUT2D eigenvalue weighted by Gasteiger charge is 2.25. The van der Waals surface area contributed by atoms with E-state index in [2.05, 4.69) is 25.5 Å². The number of H-pyrrole nitrogens is 1. The zero-order valence-corrected chi connectivity index (χ0v) is 13.0. The number of hydrogen-bond donors (Lipinski definition) is 2. The number of aromatic amines is 1. The fraction of sp³-hybridized carbons (Fsp3) is 0.250. The molecule has 122 valence electrons. The molecule has 0 atom stereocenters. The van der Waals surface area contributed by atoms with Crippen molar-refractivity contribution in [2.24, 2.45) is 0 Å². The maximum Gasteiger partial charge on any atom is 0.256 e. The third kappa shape index (κ3) is 2.36. The van der Waals surface area contributed by atoms with Crippen molar-refractivity contribution in [2.45, 2.75) is 13.0 Å². The van der Waals surface area contributed by atoms with Gasteiger partial charge in [-0.05, 0) is 23.8 Å². The summed E-state index contributed by atoms with van der Waals surface area (Å²) in [6.45, 7) is 0.933. The number of aromatic nitrogens is 4. The van der Waals surface area contributed by atoms with Crippen molar-refractivity contribution in [3.8, 4) is 0 Å². The van der Waals surface area contributed by atoms with E-state index in [0.29, 0.717) is 36.4 Å². The Kier molecular flexibility index (Phi) is 3.37. The number of halogens is 1. The lowest BCUT2D eigenvalue weighted by Gasteiger charge is -2.28. The van der Waals surface area contributed by atoms with E-state index in [1.54, 1.807) is 11.9 Å². The van der Waals surface area contributed by atoms with Gasteiger partial charge in [0.25, 0.3) is 5.91 Å². The molecule has 4 rings (SSSR count). The summed E-state index contributed by atoms with van der Waals surface area (Å²) in [5, 5.41) is 11.2. The minimum Gasteiger partial charge on any atom is -0.372 e. The van der Waals surface area contributed by atoms with Crippen LogP contribution in [0.1, 0.15) is 21.6 Å². The molecule has 1 aliphatic heterocycles. The topological polar surface area (TPSA) is 86.8 Å². The van der Waals surface area contributed by atoms with E-state index in [9.17, 15) is 9.18 Å². The van der Waals surface area contributed by atoms with Gasteiger partial charge in [-0.2, -0.15) is 5.10 Å². The van der Waals surface area contributed by atoms with Crippen LogP contribution in [0.3, 0.4) is 0 Å².